The van der Waals surface area contributed by atoms with E-state index in [1.54, 1.807) is 39.6 Å². The van der Waals surface area contributed by atoms with Crippen LogP contribution in [-0.4, -0.2) is 20.6 Å². The molecule has 0 saturated heterocycles. The number of nitrogens with zero attached hydrogens (tertiary/aromatic N) is 3. The van der Waals surface area contributed by atoms with Crippen molar-refractivity contribution in [2.75, 3.05) is 0 Å². The number of hydrogen-bond donors (Lipinski definition) is 1. The van der Waals surface area contributed by atoms with Gasteiger partial charge in [0.05, 0.1) is 28.5 Å². The Morgan fingerprint density at radius 3 is 2.97 bits per heavy atom. The van der Waals surface area contributed by atoms with Crippen molar-refractivity contribution in [2.45, 2.75) is 51.7 Å². The summed E-state index contributed by atoms with van der Waals surface area (Å²) in [4.78, 5) is 24.4. The van der Waals surface area contributed by atoms with E-state index in [2.05, 4.69) is 15.3 Å². The minimum atomic E-state index is -0.830. The zero-order valence-electron chi connectivity index (χ0n) is 17.7. The minimum Gasteiger partial charge on any atom is -0.309 e. The lowest BCUT2D eigenvalue weighted by molar-refractivity contribution is 0.445. The molecule has 5 rings (SSSR count). The van der Waals surface area contributed by atoms with Crippen molar-refractivity contribution in [2.24, 2.45) is 0 Å². The molecular formula is C23H22F2N4OS2. The summed E-state index contributed by atoms with van der Waals surface area (Å²) in [5.41, 5.74) is 2.24. The third kappa shape index (κ3) is 3.78. The number of aromatic nitrogens is 3. The molecule has 32 heavy (non-hydrogen) atoms. The fourth-order valence-corrected chi connectivity index (χ4v) is 6.24. The van der Waals surface area contributed by atoms with Crippen molar-refractivity contribution < 1.29 is 8.78 Å². The summed E-state index contributed by atoms with van der Waals surface area (Å²) < 4.78 is 29.1. The quantitative estimate of drug-likeness (QED) is 0.455. The van der Waals surface area contributed by atoms with Gasteiger partial charge in [0.15, 0.2) is 11.6 Å². The number of thiophene rings is 1. The van der Waals surface area contributed by atoms with E-state index < -0.39 is 11.6 Å². The Hall–Kier alpha value is -2.49. The highest BCUT2D eigenvalue weighted by Crippen LogP contribution is 2.34. The van der Waals surface area contributed by atoms with E-state index in [1.807, 2.05) is 19.2 Å². The zero-order chi connectivity index (χ0) is 22.4. The summed E-state index contributed by atoms with van der Waals surface area (Å²) >= 11 is 3.12. The lowest BCUT2D eigenvalue weighted by Gasteiger charge is -2.23. The van der Waals surface area contributed by atoms with Gasteiger partial charge < -0.3 is 5.32 Å². The lowest BCUT2D eigenvalue weighted by atomic mass is 9.93. The van der Waals surface area contributed by atoms with Crippen LogP contribution in [0.15, 0.2) is 34.7 Å². The maximum atomic E-state index is 13.9. The van der Waals surface area contributed by atoms with E-state index in [-0.39, 0.29) is 24.2 Å². The molecule has 0 unspecified atom stereocenters. The van der Waals surface area contributed by atoms with Gasteiger partial charge in [-0.3, -0.25) is 9.36 Å². The van der Waals surface area contributed by atoms with Gasteiger partial charge in [-0.15, -0.1) is 22.7 Å². The molecule has 1 aromatic carbocycles. The monoisotopic (exact) mass is 472 g/mol. The number of hydrogen-bond acceptors (Lipinski definition) is 6. The van der Waals surface area contributed by atoms with Gasteiger partial charge in [0.25, 0.3) is 5.56 Å². The smallest absolute Gasteiger partial charge is 0.262 e. The van der Waals surface area contributed by atoms with Crippen LogP contribution in [-0.2, 0) is 19.4 Å². The first-order valence-electron chi connectivity index (χ1n) is 10.5. The average molecular weight is 473 g/mol. The number of rotatable bonds is 5. The Kier molecular flexibility index (Phi) is 5.65. The summed E-state index contributed by atoms with van der Waals surface area (Å²) in [5, 5.41) is 7.01. The van der Waals surface area contributed by atoms with Crippen molar-refractivity contribution in [3.05, 3.63) is 78.6 Å². The molecule has 0 amide bonds. The summed E-state index contributed by atoms with van der Waals surface area (Å²) in [7, 11) is 0. The second-order valence-corrected chi connectivity index (χ2v) is 10.3. The van der Waals surface area contributed by atoms with Crippen LogP contribution in [0, 0.1) is 18.6 Å². The molecule has 3 aromatic heterocycles. The van der Waals surface area contributed by atoms with Crippen LogP contribution in [0.1, 0.15) is 46.1 Å². The van der Waals surface area contributed by atoms with Crippen LogP contribution < -0.4 is 10.9 Å². The molecule has 0 spiro atoms. The van der Waals surface area contributed by atoms with Crippen LogP contribution in [0.5, 0.6) is 0 Å². The highest BCUT2D eigenvalue weighted by Gasteiger charge is 2.26. The molecule has 9 heteroatoms. The van der Waals surface area contributed by atoms with Crippen molar-refractivity contribution in [1.29, 1.82) is 0 Å². The summed E-state index contributed by atoms with van der Waals surface area (Å²) in [6, 6.07) is 4.19. The van der Waals surface area contributed by atoms with Crippen LogP contribution in [0.2, 0.25) is 0 Å². The number of benzene rings is 1. The maximum absolute atomic E-state index is 13.9. The Morgan fingerprint density at radius 2 is 2.19 bits per heavy atom. The molecule has 0 aliphatic heterocycles. The van der Waals surface area contributed by atoms with Crippen molar-refractivity contribution in [3.63, 3.8) is 0 Å². The summed E-state index contributed by atoms with van der Waals surface area (Å²) in [6.07, 6.45) is 3.94. The SMILES string of the molecule is Cc1nc([C@@H](C)n2cnc3sc4c(c3c2=O)CC[C@H](NCc2cccc(F)c2F)C4)cs1. The van der Waals surface area contributed by atoms with E-state index in [9.17, 15) is 13.6 Å². The topological polar surface area (TPSA) is 59.8 Å². The van der Waals surface area contributed by atoms with Crippen LogP contribution in [0.25, 0.3) is 10.2 Å². The van der Waals surface area contributed by atoms with Gasteiger partial charge in [0.2, 0.25) is 0 Å². The molecule has 2 atom stereocenters. The van der Waals surface area contributed by atoms with Gasteiger partial charge in [0.1, 0.15) is 4.83 Å². The fourth-order valence-electron chi connectivity index (χ4n) is 4.28. The Labute approximate surface area is 191 Å². The summed E-state index contributed by atoms with van der Waals surface area (Å²) in [6.45, 7) is 4.19. The first kappa shape index (κ1) is 21.4. The molecule has 3 heterocycles. The summed E-state index contributed by atoms with van der Waals surface area (Å²) in [5.74, 6) is -1.63. The molecular weight excluding hydrogens is 450 g/mol. The standard InChI is InChI=1S/C23H22F2N4OS2/c1-12(18-10-31-13(2)28-18)29-11-27-22-20(23(29)30)16-7-6-15(8-19(16)32-22)26-9-14-4-3-5-17(24)21(14)25/h3-5,10-12,15,26H,6-9H2,1-2H3/t12-,15+/m1/s1. The predicted molar refractivity (Wildman–Crippen MR) is 124 cm³/mol. The second-order valence-electron chi connectivity index (χ2n) is 8.14. The molecule has 0 bridgehead atoms. The highest BCUT2D eigenvalue weighted by molar-refractivity contribution is 7.18. The molecule has 166 valence electrons. The van der Waals surface area contributed by atoms with Gasteiger partial charge in [0, 0.05) is 28.4 Å². The molecule has 0 saturated carbocycles. The predicted octanol–water partition coefficient (Wildman–Crippen LogP) is 4.76. The number of fused-ring (bicyclic) bond motifs is 3. The average Bonchev–Trinajstić information content (AvgIpc) is 3.38. The number of halogens is 2. The van der Waals surface area contributed by atoms with Crippen molar-refractivity contribution in [1.82, 2.24) is 19.9 Å². The fraction of sp³-hybridized carbons (Fsp3) is 0.348. The van der Waals surface area contributed by atoms with Gasteiger partial charge in [-0.05, 0) is 44.7 Å². The molecule has 1 aliphatic rings. The molecule has 1 aliphatic carbocycles. The molecule has 1 N–H and O–H groups in total. The van der Waals surface area contributed by atoms with Gasteiger partial charge >= 0.3 is 0 Å². The zero-order valence-corrected chi connectivity index (χ0v) is 19.3. The Bertz CT molecular complexity index is 1360. The second kappa shape index (κ2) is 8.46. The number of thiazole rings is 1. The number of nitrogens with one attached hydrogen (secondary N) is 1. The van der Waals surface area contributed by atoms with E-state index >= 15 is 0 Å². The molecule has 0 fully saturated rings. The maximum Gasteiger partial charge on any atom is 0.262 e. The first-order valence-corrected chi connectivity index (χ1v) is 12.2. The van der Waals surface area contributed by atoms with Crippen LogP contribution in [0.4, 0.5) is 8.78 Å². The van der Waals surface area contributed by atoms with Crippen LogP contribution >= 0.6 is 22.7 Å². The number of aryl methyl sites for hydroxylation is 2. The van der Waals surface area contributed by atoms with Crippen LogP contribution in [0.3, 0.4) is 0 Å². The largest absolute Gasteiger partial charge is 0.309 e. The lowest BCUT2D eigenvalue weighted by Crippen LogP contribution is -2.34. The molecule has 5 nitrogen and oxygen atoms in total. The van der Waals surface area contributed by atoms with E-state index in [0.29, 0.717) is 10.9 Å². The van der Waals surface area contributed by atoms with Gasteiger partial charge in [-0.25, -0.2) is 18.7 Å². The van der Waals surface area contributed by atoms with E-state index in [4.69, 9.17) is 0 Å². The minimum absolute atomic E-state index is 0.0288. The normalized spacial score (nSPS) is 16.9. The van der Waals surface area contributed by atoms with Crippen molar-refractivity contribution in [3.8, 4) is 0 Å². The third-order valence-electron chi connectivity index (χ3n) is 6.09. The highest BCUT2D eigenvalue weighted by atomic mass is 32.1. The van der Waals surface area contributed by atoms with Gasteiger partial charge in [-0.2, -0.15) is 0 Å². The third-order valence-corrected chi connectivity index (χ3v) is 8.04. The molecule has 4 aromatic rings. The van der Waals surface area contributed by atoms with E-state index in [0.717, 1.165) is 51.3 Å². The first-order chi connectivity index (χ1) is 15.4. The Morgan fingerprint density at radius 1 is 1.34 bits per heavy atom. The van der Waals surface area contributed by atoms with Gasteiger partial charge in [-0.1, -0.05) is 12.1 Å². The molecule has 0 radical (unpaired) electrons. The van der Waals surface area contributed by atoms with Crippen molar-refractivity contribution >= 4 is 32.9 Å². The van der Waals surface area contributed by atoms with E-state index in [1.165, 1.54) is 6.07 Å². The Balaban J connectivity index is 1.39.